The molecular formula is C15H19N5O4. The van der Waals surface area contributed by atoms with Gasteiger partial charge in [-0.15, -0.1) is 0 Å². The second kappa shape index (κ2) is 5.66. The second-order valence-corrected chi connectivity index (χ2v) is 6.23. The van der Waals surface area contributed by atoms with Crippen LogP contribution in [0.5, 0.6) is 0 Å². The molecule has 4 amide bonds. The summed E-state index contributed by atoms with van der Waals surface area (Å²) in [6.07, 6.45) is -0.433. The maximum Gasteiger partial charge on any atom is 0.319 e. The van der Waals surface area contributed by atoms with Crippen LogP contribution in [0.2, 0.25) is 0 Å². The van der Waals surface area contributed by atoms with Gasteiger partial charge in [-0.25, -0.2) is 9.59 Å². The lowest BCUT2D eigenvalue weighted by Gasteiger charge is -2.52. The summed E-state index contributed by atoms with van der Waals surface area (Å²) in [4.78, 5) is 37.7. The number of nitrogens with zero attached hydrogens (tertiary/aromatic N) is 3. The molecular weight excluding hydrogens is 314 g/mol. The molecule has 128 valence electrons. The number of hydrogen-bond acceptors (Lipinski definition) is 4. The summed E-state index contributed by atoms with van der Waals surface area (Å²) in [5.41, 5.74) is 0.796. The van der Waals surface area contributed by atoms with Crippen LogP contribution in [0.3, 0.4) is 0 Å². The number of nitro groups is 1. The first-order valence-corrected chi connectivity index (χ1v) is 7.62. The molecule has 24 heavy (non-hydrogen) atoms. The van der Waals surface area contributed by atoms with E-state index in [0.29, 0.717) is 0 Å². The summed E-state index contributed by atoms with van der Waals surface area (Å²) in [6, 6.07) is 5.20. The number of benzene rings is 1. The van der Waals surface area contributed by atoms with Crippen molar-refractivity contribution < 1.29 is 14.5 Å². The summed E-state index contributed by atoms with van der Waals surface area (Å²) in [5, 5.41) is 16.6. The van der Waals surface area contributed by atoms with Crippen molar-refractivity contribution >= 4 is 17.7 Å². The van der Waals surface area contributed by atoms with E-state index in [1.165, 1.54) is 17.0 Å². The number of nitrogens with one attached hydrogen (secondary N) is 2. The van der Waals surface area contributed by atoms with Crippen molar-refractivity contribution in [1.82, 2.24) is 20.4 Å². The summed E-state index contributed by atoms with van der Waals surface area (Å²) >= 11 is 0. The van der Waals surface area contributed by atoms with E-state index in [0.717, 1.165) is 5.56 Å². The smallest absolute Gasteiger partial charge is 0.319 e. The molecule has 0 saturated carbocycles. The standard InChI is InChI=1S/C15H19N5O4/c1-8-11-12(9-4-6-10(7-5-9)20(23)24)18(2)15(22)17-13(11)19(3)14(21)16-8/h4-8,11-13H,1-3H3,(H,16,21)(H,17,22)/t8-,11-,12+,13-/m1/s1. The number of carbonyl (C=O) groups is 2. The van der Waals surface area contributed by atoms with Crippen LogP contribution < -0.4 is 10.6 Å². The molecule has 2 heterocycles. The predicted molar refractivity (Wildman–Crippen MR) is 85.2 cm³/mol. The van der Waals surface area contributed by atoms with Crippen molar-refractivity contribution in [2.45, 2.75) is 25.2 Å². The summed E-state index contributed by atoms with van der Waals surface area (Å²) < 4.78 is 0. The minimum atomic E-state index is -0.457. The molecule has 0 radical (unpaired) electrons. The molecule has 3 rings (SSSR count). The van der Waals surface area contributed by atoms with Gasteiger partial charge >= 0.3 is 12.1 Å². The average Bonchev–Trinajstić information content (AvgIpc) is 2.54. The third-order valence-corrected chi connectivity index (χ3v) is 4.85. The monoisotopic (exact) mass is 333 g/mol. The highest BCUT2D eigenvalue weighted by molar-refractivity contribution is 5.80. The van der Waals surface area contributed by atoms with E-state index in [1.807, 2.05) is 6.92 Å². The van der Waals surface area contributed by atoms with Gasteiger partial charge in [0.15, 0.2) is 0 Å². The zero-order chi connectivity index (χ0) is 17.6. The van der Waals surface area contributed by atoms with Crippen molar-refractivity contribution in [2.75, 3.05) is 14.1 Å². The quantitative estimate of drug-likeness (QED) is 0.628. The highest BCUT2D eigenvalue weighted by Crippen LogP contribution is 2.38. The van der Waals surface area contributed by atoms with Gasteiger partial charge in [0, 0.05) is 38.2 Å². The van der Waals surface area contributed by atoms with Crippen molar-refractivity contribution in [2.24, 2.45) is 5.92 Å². The number of amides is 4. The number of hydrogen-bond donors (Lipinski definition) is 2. The number of rotatable bonds is 2. The van der Waals surface area contributed by atoms with Crippen molar-refractivity contribution in [3.8, 4) is 0 Å². The van der Waals surface area contributed by atoms with E-state index < -0.39 is 11.1 Å². The number of nitro benzene ring substituents is 1. The van der Waals surface area contributed by atoms with E-state index >= 15 is 0 Å². The Morgan fingerprint density at radius 3 is 2.21 bits per heavy atom. The molecule has 9 nitrogen and oxygen atoms in total. The summed E-state index contributed by atoms with van der Waals surface area (Å²) in [6.45, 7) is 1.90. The Morgan fingerprint density at radius 1 is 1.04 bits per heavy atom. The molecule has 4 atom stereocenters. The third-order valence-electron chi connectivity index (χ3n) is 4.85. The van der Waals surface area contributed by atoms with E-state index in [9.17, 15) is 19.7 Å². The van der Waals surface area contributed by atoms with Crippen LogP contribution in [0.1, 0.15) is 18.5 Å². The zero-order valence-electron chi connectivity index (χ0n) is 13.6. The molecule has 2 fully saturated rings. The Morgan fingerprint density at radius 2 is 1.62 bits per heavy atom. The molecule has 0 bridgehead atoms. The number of urea groups is 2. The van der Waals surface area contributed by atoms with Crippen molar-refractivity contribution in [1.29, 1.82) is 0 Å². The Balaban J connectivity index is 2.01. The van der Waals surface area contributed by atoms with Gasteiger partial charge in [-0.05, 0) is 12.5 Å². The first kappa shape index (κ1) is 16.0. The van der Waals surface area contributed by atoms with Gasteiger partial charge in [0.1, 0.15) is 6.17 Å². The van der Waals surface area contributed by atoms with E-state index in [2.05, 4.69) is 10.6 Å². The van der Waals surface area contributed by atoms with Crippen LogP contribution in [-0.2, 0) is 0 Å². The van der Waals surface area contributed by atoms with E-state index in [1.54, 1.807) is 31.1 Å². The molecule has 0 spiro atoms. The lowest BCUT2D eigenvalue weighted by Crippen LogP contribution is -2.71. The fraction of sp³-hybridized carbons (Fsp3) is 0.467. The minimum absolute atomic E-state index is 0.000303. The zero-order valence-corrected chi connectivity index (χ0v) is 13.6. The van der Waals surface area contributed by atoms with Gasteiger partial charge in [-0.3, -0.25) is 10.1 Å². The molecule has 1 aromatic rings. The van der Waals surface area contributed by atoms with Gasteiger partial charge in [-0.2, -0.15) is 0 Å². The number of fused-ring (bicyclic) bond motifs is 1. The van der Waals surface area contributed by atoms with Crippen LogP contribution >= 0.6 is 0 Å². The predicted octanol–water partition coefficient (Wildman–Crippen LogP) is 1.28. The van der Waals surface area contributed by atoms with Crippen LogP contribution in [-0.4, -0.2) is 53.1 Å². The lowest BCUT2D eigenvalue weighted by atomic mass is 9.81. The van der Waals surface area contributed by atoms with Crippen LogP contribution in [0.4, 0.5) is 15.3 Å². The van der Waals surface area contributed by atoms with Crippen molar-refractivity contribution in [3.05, 3.63) is 39.9 Å². The molecule has 1 aromatic carbocycles. The average molecular weight is 333 g/mol. The van der Waals surface area contributed by atoms with Crippen LogP contribution in [0.25, 0.3) is 0 Å². The molecule has 0 unspecified atom stereocenters. The maximum atomic E-state index is 12.3. The van der Waals surface area contributed by atoms with E-state index in [-0.39, 0.29) is 35.8 Å². The van der Waals surface area contributed by atoms with Gasteiger partial charge < -0.3 is 20.4 Å². The van der Waals surface area contributed by atoms with Gasteiger partial charge in [0.25, 0.3) is 5.69 Å². The molecule has 2 saturated heterocycles. The Hall–Kier alpha value is -2.84. The van der Waals surface area contributed by atoms with Crippen LogP contribution in [0.15, 0.2) is 24.3 Å². The third kappa shape index (κ3) is 2.41. The summed E-state index contributed by atoms with van der Waals surface area (Å²) in [5.74, 6) is -0.100. The molecule has 0 aliphatic carbocycles. The highest BCUT2D eigenvalue weighted by atomic mass is 16.6. The highest BCUT2D eigenvalue weighted by Gasteiger charge is 2.49. The normalized spacial score (nSPS) is 29.6. The first-order valence-electron chi connectivity index (χ1n) is 7.62. The molecule has 2 aliphatic heterocycles. The molecule has 2 N–H and O–H groups in total. The minimum Gasteiger partial charge on any atom is -0.335 e. The Kier molecular flexibility index (Phi) is 3.78. The molecule has 9 heteroatoms. The molecule has 0 aromatic heterocycles. The van der Waals surface area contributed by atoms with Gasteiger partial charge in [0.2, 0.25) is 0 Å². The largest absolute Gasteiger partial charge is 0.335 e. The Labute approximate surface area is 138 Å². The van der Waals surface area contributed by atoms with Crippen LogP contribution in [0, 0.1) is 16.0 Å². The topological polar surface area (TPSA) is 108 Å². The van der Waals surface area contributed by atoms with Crippen molar-refractivity contribution in [3.63, 3.8) is 0 Å². The number of carbonyl (C=O) groups excluding carboxylic acids is 2. The Bertz CT molecular complexity index is 692. The lowest BCUT2D eigenvalue weighted by molar-refractivity contribution is -0.384. The first-order chi connectivity index (χ1) is 11.3. The SMILES string of the molecule is C[C@H]1NC(=O)N(C)[C@H]2NC(=O)N(C)[C@@H](c3ccc([N+](=O)[O-])cc3)[C@@H]12. The fourth-order valence-corrected chi connectivity index (χ4v) is 3.54. The summed E-state index contributed by atoms with van der Waals surface area (Å²) in [7, 11) is 3.32. The van der Waals surface area contributed by atoms with Gasteiger partial charge in [-0.1, -0.05) is 12.1 Å². The van der Waals surface area contributed by atoms with E-state index in [4.69, 9.17) is 0 Å². The number of non-ortho nitro benzene ring substituents is 1. The fourth-order valence-electron chi connectivity index (χ4n) is 3.54. The second-order valence-electron chi connectivity index (χ2n) is 6.23. The van der Waals surface area contributed by atoms with Gasteiger partial charge in [0.05, 0.1) is 11.0 Å². The molecule has 2 aliphatic rings. The maximum absolute atomic E-state index is 12.3.